The second kappa shape index (κ2) is 11.1. The topological polar surface area (TPSA) is 76.0 Å². The maximum atomic E-state index is 10.6. The van der Waals surface area contributed by atoms with Crippen LogP contribution in [0.2, 0.25) is 0 Å². The lowest BCUT2D eigenvalue weighted by Gasteiger charge is -2.25. The van der Waals surface area contributed by atoms with Gasteiger partial charge in [0.1, 0.15) is 18.5 Å². The number of unbranched alkanes of at least 4 members (excludes halogenated alkanes) is 1. The van der Waals surface area contributed by atoms with Crippen LogP contribution in [-0.2, 0) is 9.53 Å². The molecule has 2 N–H and O–H groups in total. The molecule has 0 aromatic heterocycles. The highest BCUT2D eigenvalue weighted by molar-refractivity contribution is 14.1. The van der Waals surface area contributed by atoms with E-state index in [2.05, 4.69) is 40.8 Å². The Bertz CT molecular complexity index is 714. The predicted octanol–water partition coefficient (Wildman–Crippen LogP) is 4.58. The maximum absolute atomic E-state index is 10.6. The van der Waals surface area contributed by atoms with Gasteiger partial charge in [-0.05, 0) is 84.9 Å². The molecular formula is C23H29IO5. The number of allylic oxidation sites excluding steroid dienone is 2. The molecule has 0 spiro atoms. The highest BCUT2D eigenvalue weighted by Crippen LogP contribution is 2.45. The molecule has 6 heteroatoms. The average molecular weight is 512 g/mol. The molecule has 5 atom stereocenters. The number of carboxylic acid groups (broad SMARTS) is 1. The lowest BCUT2D eigenvalue weighted by molar-refractivity contribution is -0.137. The minimum Gasteiger partial charge on any atom is -0.491 e. The van der Waals surface area contributed by atoms with Gasteiger partial charge in [-0.3, -0.25) is 4.79 Å². The second-order valence-electron chi connectivity index (χ2n) is 7.74. The van der Waals surface area contributed by atoms with Crippen molar-refractivity contribution >= 4 is 28.6 Å². The minimum atomic E-state index is -0.741. The molecule has 2 heterocycles. The number of benzene rings is 1. The summed E-state index contributed by atoms with van der Waals surface area (Å²) in [5.74, 6) is 0.747. The monoisotopic (exact) mass is 512 g/mol. The molecule has 0 saturated carbocycles. The quantitative estimate of drug-likeness (QED) is 0.258. The molecule has 0 amide bonds. The first-order chi connectivity index (χ1) is 14.0. The number of halogens is 1. The Morgan fingerprint density at radius 1 is 1.24 bits per heavy atom. The van der Waals surface area contributed by atoms with E-state index in [1.165, 1.54) is 0 Å². The van der Waals surface area contributed by atoms with E-state index in [1.54, 1.807) is 0 Å². The Balaban J connectivity index is 1.46. The number of aliphatic carboxylic acids is 1. The van der Waals surface area contributed by atoms with Gasteiger partial charge in [-0.1, -0.05) is 24.3 Å². The average Bonchev–Trinajstić information content (AvgIpc) is 3.30. The van der Waals surface area contributed by atoms with Gasteiger partial charge in [-0.25, -0.2) is 0 Å². The summed E-state index contributed by atoms with van der Waals surface area (Å²) in [7, 11) is 0. The summed E-state index contributed by atoms with van der Waals surface area (Å²) in [6.45, 7) is 0.229. The van der Waals surface area contributed by atoms with Crippen LogP contribution in [0, 0.1) is 15.4 Å². The standard InChI is InChI=1S/C23H29IO5/c24-16-7-10-18(11-8-16)28-15-17(25)9-12-20-19(21-13-14-22(20)29-21)5-3-1-2-4-6-23(26)27/h1,3,7-12,17,19-22,25H,2,4-6,13-15H2,(H,26,27)/b3-1+,12-9+. The van der Waals surface area contributed by atoms with Crippen molar-refractivity contribution in [3.63, 3.8) is 0 Å². The zero-order valence-electron chi connectivity index (χ0n) is 16.5. The molecule has 1 aromatic carbocycles. The molecule has 158 valence electrons. The number of hydrogen-bond donors (Lipinski definition) is 2. The molecule has 29 heavy (non-hydrogen) atoms. The number of carbonyl (C=O) groups is 1. The van der Waals surface area contributed by atoms with Crippen LogP contribution in [0.1, 0.15) is 38.5 Å². The predicted molar refractivity (Wildman–Crippen MR) is 120 cm³/mol. The zero-order valence-corrected chi connectivity index (χ0v) is 18.6. The fourth-order valence-electron chi connectivity index (χ4n) is 4.15. The van der Waals surface area contributed by atoms with Crippen LogP contribution < -0.4 is 4.74 Å². The third kappa shape index (κ3) is 6.83. The lowest BCUT2D eigenvalue weighted by atomic mass is 9.77. The molecule has 2 bridgehead atoms. The second-order valence-corrected chi connectivity index (χ2v) is 8.99. The maximum Gasteiger partial charge on any atom is 0.303 e. The highest BCUT2D eigenvalue weighted by atomic mass is 127. The molecule has 2 aliphatic rings. The number of ether oxygens (including phenoxy) is 2. The summed E-state index contributed by atoms with van der Waals surface area (Å²) < 4.78 is 12.9. The van der Waals surface area contributed by atoms with Gasteiger partial charge in [0.05, 0.1) is 12.2 Å². The highest BCUT2D eigenvalue weighted by Gasteiger charge is 2.46. The molecule has 2 fully saturated rings. The van der Waals surface area contributed by atoms with Crippen molar-refractivity contribution in [2.24, 2.45) is 11.8 Å². The van der Waals surface area contributed by atoms with Gasteiger partial charge in [-0.15, -0.1) is 0 Å². The molecule has 2 aliphatic heterocycles. The van der Waals surface area contributed by atoms with E-state index >= 15 is 0 Å². The van der Waals surface area contributed by atoms with E-state index in [1.807, 2.05) is 30.3 Å². The molecule has 2 saturated heterocycles. The van der Waals surface area contributed by atoms with Gasteiger partial charge in [-0.2, -0.15) is 0 Å². The summed E-state index contributed by atoms with van der Waals surface area (Å²) in [5, 5.41) is 19.0. The van der Waals surface area contributed by atoms with Gasteiger partial charge >= 0.3 is 5.97 Å². The Morgan fingerprint density at radius 3 is 2.76 bits per heavy atom. The van der Waals surface area contributed by atoms with Crippen LogP contribution >= 0.6 is 22.6 Å². The van der Waals surface area contributed by atoms with Crippen LogP contribution in [-0.4, -0.2) is 41.1 Å². The summed E-state index contributed by atoms with van der Waals surface area (Å²) in [6, 6.07) is 7.76. The number of carboxylic acids is 1. The van der Waals surface area contributed by atoms with Gasteiger partial charge in [0, 0.05) is 15.9 Å². The molecule has 0 radical (unpaired) electrons. The van der Waals surface area contributed by atoms with Crippen molar-refractivity contribution in [3.8, 4) is 5.75 Å². The molecule has 5 unspecified atom stereocenters. The van der Waals surface area contributed by atoms with Gasteiger partial charge in [0.2, 0.25) is 0 Å². The summed E-state index contributed by atoms with van der Waals surface area (Å²) in [5.41, 5.74) is 0. The van der Waals surface area contributed by atoms with E-state index in [0.29, 0.717) is 24.4 Å². The van der Waals surface area contributed by atoms with Gasteiger partial charge in [0.15, 0.2) is 0 Å². The third-order valence-corrected chi connectivity index (χ3v) is 6.33. The van der Waals surface area contributed by atoms with Crippen LogP contribution in [0.25, 0.3) is 0 Å². The summed E-state index contributed by atoms with van der Waals surface area (Å²) in [6.07, 6.45) is 12.9. The first-order valence-corrected chi connectivity index (χ1v) is 11.4. The van der Waals surface area contributed by atoms with E-state index in [4.69, 9.17) is 14.6 Å². The van der Waals surface area contributed by atoms with Crippen molar-refractivity contribution in [2.75, 3.05) is 6.61 Å². The minimum absolute atomic E-state index is 0.217. The van der Waals surface area contributed by atoms with Crippen LogP contribution in [0.5, 0.6) is 5.75 Å². The van der Waals surface area contributed by atoms with Crippen molar-refractivity contribution in [1.82, 2.24) is 0 Å². The normalized spacial score (nSPS) is 27.1. The van der Waals surface area contributed by atoms with Crippen molar-refractivity contribution < 1.29 is 24.5 Å². The smallest absolute Gasteiger partial charge is 0.303 e. The van der Waals surface area contributed by atoms with E-state index in [-0.39, 0.29) is 19.1 Å². The van der Waals surface area contributed by atoms with Crippen LogP contribution in [0.3, 0.4) is 0 Å². The van der Waals surface area contributed by atoms with Crippen LogP contribution in [0.4, 0.5) is 0 Å². The number of aliphatic hydroxyl groups excluding tert-OH is 1. The SMILES string of the molecule is O=C(O)CCC/C=C/CC1C2CCC(O2)C1/C=C/C(O)COc1ccc(I)cc1. The number of hydrogen-bond acceptors (Lipinski definition) is 4. The summed E-state index contributed by atoms with van der Waals surface area (Å²) in [4.78, 5) is 10.6. The first kappa shape index (κ1) is 22.3. The Kier molecular flexibility index (Phi) is 8.56. The molecule has 0 aliphatic carbocycles. The number of fused-ring (bicyclic) bond motifs is 2. The molecule has 3 rings (SSSR count). The third-order valence-electron chi connectivity index (χ3n) is 5.61. The molecule has 1 aromatic rings. The first-order valence-electron chi connectivity index (χ1n) is 10.3. The van der Waals surface area contributed by atoms with E-state index in [0.717, 1.165) is 35.0 Å². The van der Waals surface area contributed by atoms with E-state index in [9.17, 15) is 9.90 Å². The summed E-state index contributed by atoms with van der Waals surface area (Å²) >= 11 is 2.25. The van der Waals surface area contributed by atoms with Gasteiger partial charge in [0.25, 0.3) is 0 Å². The van der Waals surface area contributed by atoms with Crippen molar-refractivity contribution in [3.05, 3.63) is 52.1 Å². The van der Waals surface area contributed by atoms with Gasteiger partial charge < -0.3 is 19.7 Å². The fraction of sp³-hybridized carbons (Fsp3) is 0.522. The number of aliphatic hydroxyl groups is 1. The Hall–Kier alpha value is -1.38. The van der Waals surface area contributed by atoms with Crippen molar-refractivity contribution in [1.29, 1.82) is 0 Å². The zero-order chi connectivity index (χ0) is 20.6. The Labute approximate surface area is 185 Å². The number of rotatable bonds is 11. The van der Waals surface area contributed by atoms with Crippen LogP contribution in [0.15, 0.2) is 48.6 Å². The van der Waals surface area contributed by atoms with Crippen molar-refractivity contribution in [2.45, 2.75) is 56.8 Å². The Morgan fingerprint density at radius 2 is 2.00 bits per heavy atom. The molecule has 5 nitrogen and oxygen atoms in total. The fourth-order valence-corrected chi connectivity index (χ4v) is 4.51. The largest absolute Gasteiger partial charge is 0.491 e. The molecular weight excluding hydrogens is 483 g/mol. The van der Waals surface area contributed by atoms with E-state index < -0.39 is 12.1 Å². The lowest BCUT2D eigenvalue weighted by Crippen LogP contribution is -2.26.